The molecule has 7 heteroatoms. The molecular formula is C25H27N3O3S. The Morgan fingerprint density at radius 3 is 2.31 bits per heavy atom. The van der Waals surface area contributed by atoms with Crippen LogP contribution in [0.1, 0.15) is 34.3 Å². The smallest absolute Gasteiger partial charge is 0.261 e. The summed E-state index contributed by atoms with van der Waals surface area (Å²) < 4.78 is 28.0. The van der Waals surface area contributed by atoms with E-state index in [9.17, 15) is 13.2 Å². The predicted molar refractivity (Wildman–Crippen MR) is 127 cm³/mol. The molecule has 0 atom stereocenters. The molecule has 0 bridgehead atoms. The van der Waals surface area contributed by atoms with Gasteiger partial charge in [-0.1, -0.05) is 35.9 Å². The van der Waals surface area contributed by atoms with Crippen molar-refractivity contribution in [3.63, 3.8) is 0 Å². The molecule has 0 unspecified atom stereocenters. The van der Waals surface area contributed by atoms with Crippen LogP contribution in [0.3, 0.4) is 0 Å². The average molecular weight is 450 g/mol. The van der Waals surface area contributed by atoms with Crippen molar-refractivity contribution in [3.05, 3.63) is 89.5 Å². The highest BCUT2D eigenvalue weighted by Crippen LogP contribution is 2.21. The fourth-order valence-corrected chi connectivity index (χ4v) is 4.83. The molecule has 0 radical (unpaired) electrons. The fourth-order valence-electron chi connectivity index (χ4n) is 3.72. The van der Waals surface area contributed by atoms with Crippen molar-refractivity contribution in [1.82, 2.24) is 5.32 Å². The first-order valence-electron chi connectivity index (χ1n) is 10.7. The first-order valence-corrected chi connectivity index (χ1v) is 12.2. The lowest BCUT2D eigenvalue weighted by Crippen LogP contribution is -2.23. The highest BCUT2D eigenvalue weighted by atomic mass is 32.2. The quantitative estimate of drug-likeness (QED) is 0.563. The molecule has 6 nitrogen and oxygen atoms in total. The van der Waals surface area contributed by atoms with E-state index in [1.165, 1.54) is 30.7 Å². The number of carbonyl (C=O) groups is 1. The minimum absolute atomic E-state index is 0.0423. The molecule has 3 aromatic carbocycles. The van der Waals surface area contributed by atoms with Crippen LogP contribution < -0.4 is 14.9 Å². The van der Waals surface area contributed by atoms with Crippen molar-refractivity contribution in [3.8, 4) is 0 Å². The van der Waals surface area contributed by atoms with Crippen LogP contribution in [0.25, 0.3) is 0 Å². The molecule has 166 valence electrons. The van der Waals surface area contributed by atoms with Crippen LogP contribution in [-0.4, -0.2) is 27.4 Å². The summed E-state index contributed by atoms with van der Waals surface area (Å²) in [5.74, 6) is -0.319. The number of hydrogen-bond acceptors (Lipinski definition) is 4. The number of benzene rings is 3. The lowest BCUT2D eigenvalue weighted by atomic mass is 10.1. The van der Waals surface area contributed by atoms with Gasteiger partial charge in [-0.3, -0.25) is 9.52 Å². The number of anilines is 2. The number of hydrogen-bond donors (Lipinski definition) is 2. The first kappa shape index (κ1) is 21.9. The van der Waals surface area contributed by atoms with E-state index in [-0.39, 0.29) is 10.8 Å². The number of nitrogens with one attached hydrogen (secondary N) is 2. The molecule has 0 saturated carbocycles. The SMILES string of the molecule is Cc1ccc(NS(=O)(=O)c2cccc(C(=O)NCc3ccc(N4CCCC4)cc3)c2)cc1. The maximum absolute atomic E-state index is 12.7. The molecule has 2 N–H and O–H groups in total. The lowest BCUT2D eigenvalue weighted by molar-refractivity contribution is 0.0950. The normalized spacial score (nSPS) is 13.7. The third kappa shape index (κ3) is 5.29. The summed E-state index contributed by atoms with van der Waals surface area (Å²) in [7, 11) is -3.80. The summed E-state index contributed by atoms with van der Waals surface area (Å²) in [6.45, 7) is 4.49. The molecule has 1 fully saturated rings. The van der Waals surface area contributed by atoms with Crippen molar-refractivity contribution in [2.45, 2.75) is 31.2 Å². The molecule has 0 aliphatic carbocycles. The maximum atomic E-state index is 12.7. The summed E-state index contributed by atoms with van der Waals surface area (Å²) in [5, 5.41) is 2.87. The van der Waals surface area contributed by atoms with Gasteiger partial charge in [0.2, 0.25) is 0 Å². The molecule has 1 aliphatic rings. The highest BCUT2D eigenvalue weighted by molar-refractivity contribution is 7.92. The van der Waals surface area contributed by atoms with E-state index in [4.69, 9.17) is 0 Å². The summed E-state index contributed by atoms with van der Waals surface area (Å²) in [5.41, 5.74) is 4.01. The molecule has 32 heavy (non-hydrogen) atoms. The zero-order valence-electron chi connectivity index (χ0n) is 18.0. The van der Waals surface area contributed by atoms with Gasteiger partial charge in [-0.05, 0) is 67.8 Å². The van der Waals surface area contributed by atoms with Crippen LogP contribution >= 0.6 is 0 Å². The number of nitrogens with zero attached hydrogens (tertiary/aromatic N) is 1. The molecule has 0 aromatic heterocycles. The summed E-state index contributed by atoms with van der Waals surface area (Å²) in [6.07, 6.45) is 2.46. The van der Waals surface area contributed by atoms with Crippen molar-refractivity contribution in [2.75, 3.05) is 22.7 Å². The molecule has 1 heterocycles. The summed E-state index contributed by atoms with van der Waals surface area (Å²) >= 11 is 0. The Balaban J connectivity index is 1.40. The van der Waals surface area contributed by atoms with Gasteiger partial charge in [0.15, 0.2) is 0 Å². The lowest BCUT2D eigenvalue weighted by Gasteiger charge is -2.17. The number of sulfonamides is 1. The number of rotatable bonds is 7. The largest absolute Gasteiger partial charge is 0.372 e. The van der Waals surface area contributed by atoms with E-state index >= 15 is 0 Å². The molecular weight excluding hydrogens is 422 g/mol. The predicted octanol–water partition coefficient (Wildman–Crippen LogP) is 4.33. The second kappa shape index (κ2) is 9.44. The van der Waals surface area contributed by atoms with E-state index < -0.39 is 10.0 Å². The van der Waals surface area contributed by atoms with Gasteiger partial charge in [-0.2, -0.15) is 0 Å². The number of amides is 1. The van der Waals surface area contributed by atoms with Gasteiger partial charge < -0.3 is 10.2 Å². The monoisotopic (exact) mass is 449 g/mol. The standard InChI is InChI=1S/C25H27N3O3S/c1-19-7-11-22(12-8-19)27-32(30,31)24-6-4-5-21(17-24)25(29)26-18-20-9-13-23(14-10-20)28-15-2-3-16-28/h4-14,17,27H,2-3,15-16,18H2,1H3,(H,26,29). The third-order valence-corrected chi connectivity index (χ3v) is 6.95. The third-order valence-electron chi connectivity index (χ3n) is 5.57. The van der Waals surface area contributed by atoms with Crippen LogP contribution in [-0.2, 0) is 16.6 Å². The average Bonchev–Trinajstić information content (AvgIpc) is 3.34. The van der Waals surface area contributed by atoms with Gasteiger partial charge in [-0.15, -0.1) is 0 Å². The van der Waals surface area contributed by atoms with Crippen LogP contribution in [0.15, 0.2) is 77.7 Å². The maximum Gasteiger partial charge on any atom is 0.261 e. The fraction of sp³-hybridized carbons (Fsp3) is 0.240. The van der Waals surface area contributed by atoms with Crippen LogP contribution in [0.5, 0.6) is 0 Å². The topological polar surface area (TPSA) is 78.5 Å². The Morgan fingerprint density at radius 2 is 1.62 bits per heavy atom. The zero-order chi connectivity index (χ0) is 22.6. The van der Waals surface area contributed by atoms with Crippen LogP contribution in [0.2, 0.25) is 0 Å². The first-order chi connectivity index (χ1) is 15.4. The van der Waals surface area contributed by atoms with Crippen molar-refractivity contribution in [1.29, 1.82) is 0 Å². The van der Waals surface area contributed by atoms with Gasteiger partial charge in [0.25, 0.3) is 15.9 Å². The van der Waals surface area contributed by atoms with E-state index in [0.29, 0.717) is 17.8 Å². The number of carbonyl (C=O) groups excluding carboxylic acids is 1. The van der Waals surface area contributed by atoms with Gasteiger partial charge >= 0.3 is 0 Å². The van der Waals surface area contributed by atoms with Gasteiger partial charge in [0.05, 0.1) is 4.90 Å². The Hall–Kier alpha value is -3.32. The molecule has 3 aromatic rings. The van der Waals surface area contributed by atoms with Crippen molar-refractivity contribution in [2.24, 2.45) is 0 Å². The van der Waals surface area contributed by atoms with Crippen LogP contribution in [0, 0.1) is 6.92 Å². The Kier molecular flexibility index (Phi) is 6.46. The molecule has 0 spiro atoms. The summed E-state index contributed by atoms with van der Waals surface area (Å²) in [6, 6.07) is 21.3. The molecule has 1 saturated heterocycles. The van der Waals surface area contributed by atoms with Gasteiger partial charge in [0, 0.05) is 36.6 Å². The second-order valence-corrected chi connectivity index (χ2v) is 9.73. The van der Waals surface area contributed by atoms with E-state index in [2.05, 4.69) is 27.1 Å². The number of aryl methyl sites for hydroxylation is 1. The van der Waals surface area contributed by atoms with E-state index in [1.54, 1.807) is 24.3 Å². The van der Waals surface area contributed by atoms with Gasteiger partial charge in [0.1, 0.15) is 0 Å². The molecule has 1 aliphatic heterocycles. The minimum atomic E-state index is -3.80. The summed E-state index contributed by atoms with van der Waals surface area (Å²) in [4.78, 5) is 15.0. The Morgan fingerprint density at radius 1 is 0.938 bits per heavy atom. The molecule has 4 rings (SSSR count). The Bertz CT molecular complexity index is 1180. The second-order valence-electron chi connectivity index (χ2n) is 8.04. The van der Waals surface area contributed by atoms with Crippen LogP contribution in [0.4, 0.5) is 11.4 Å². The van der Waals surface area contributed by atoms with E-state index in [0.717, 1.165) is 24.2 Å². The molecule has 1 amide bonds. The van der Waals surface area contributed by atoms with Gasteiger partial charge in [-0.25, -0.2) is 8.42 Å². The highest BCUT2D eigenvalue weighted by Gasteiger charge is 2.17. The van der Waals surface area contributed by atoms with Crippen molar-refractivity contribution >= 4 is 27.3 Å². The minimum Gasteiger partial charge on any atom is -0.372 e. The Labute approximate surface area is 189 Å². The van der Waals surface area contributed by atoms with E-state index in [1.807, 2.05) is 31.2 Å². The zero-order valence-corrected chi connectivity index (χ0v) is 18.9. The van der Waals surface area contributed by atoms with Crippen molar-refractivity contribution < 1.29 is 13.2 Å².